The Morgan fingerprint density at radius 1 is 1.06 bits per heavy atom. The molecule has 1 aliphatic rings. The van der Waals surface area contributed by atoms with E-state index >= 15 is 0 Å². The summed E-state index contributed by atoms with van der Waals surface area (Å²) < 4.78 is 0. The van der Waals surface area contributed by atoms with Gasteiger partial charge < -0.3 is 0 Å². The smallest absolute Gasteiger partial charge is 0.159 e. The van der Waals surface area contributed by atoms with Crippen LogP contribution in [0.25, 0.3) is 11.4 Å². The number of aromatic nitrogens is 2. The first-order chi connectivity index (χ1) is 8.58. The van der Waals surface area contributed by atoms with E-state index < -0.39 is 0 Å². The normalized spacial score (nSPS) is 16.6. The molecule has 1 fully saturated rings. The summed E-state index contributed by atoms with van der Waals surface area (Å²) in [7, 11) is 0. The van der Waals surface area contributed by atoms with Gasteiger partial charge in [0.25, 0.3) is 0 Å². The van der Waals surface area contributed by atoms with Gasteiger partial charge in [-0.15, -0.1) is 0 Å². The molecule has 0 saturated heterocycles. The summed E-state index contributed by atoms with van der Waals surface area (Å²) in [6.45, 7) is 6.39. The molecule has 0 amide bonds. The maximum atomic E-state index is 4.54. The SMILES string of the molecule is Cc1cnc(-c2ccc(C3(C)CC3)cc2)nc1C. The van der Waals surface area contributed by atoms with Gasteiger partial charge in [-0.1, -0.05) is 31.2 Å². The Balaban J connectivity index is 1.94. The van der Waals surface area contributed by atoms with Crippen LogP contribution in [0.1, 0.15) is 36.6 Å². The van der Waals surface area contributed by atoms with E-state index in [1.54, 1.807) is 0 Å². The zero-order valence-electron chi connectivity index (χ0n) is 11.2. The van der Waals surface area contributed by atoms with Crippen LogP contribution in [0.5, 0.6) is 0 Å². The van der Waals surface area contributed by atoms with Gasteiger partial charge in [0.15, 0.2) is 5.82 Å². The second-order valence-electron chi connectivity index (χ2n) is 5.60. The molecule has 0 radical (unpaired) electrons. The fourth-order valence-corrected chi connectivity index (χ4v) is 2.16. The van der Waals surface area contributed by atoms with Crippen molar-refractivity contribution in [2.24, 2.45) is 0 Å². The molecular weight excluding hydrogens is 220 g/mol. The van der Waals surface area contributed by atoms with E-state index in [1.807, 2.05) is 20.0 Å². The highest BCUT2D eigenvalue weighted by molar-refractivity contribution is 5.56. The van der Waals surface area contributed by atoms with Gasteiger partial charge >= 0.3 is 0 Å². The highest BCUT2D eigenvalue weighted by Crippen LogP contribution is 2.47. The van der Waals surface area contributed by atoms with Gasteiger partial charge in [0.05, 0.1) is 0 Å². The summed E-state index contributed by atoms with van der Waals surface area (Å²) in [5.41, 5.74) is 5.17. The van der Waals surface area contributed by atoms with E-state index in [0.717, 1.165) is 22.6 Å². The molecule has 1 aliphatic carbocycles. The van der Waals surface area contributed by atoms with Gasteiger partial charge in [-0.3, -0.25) is 0 Å². The molecule has 0 aliphatic heterocycles. The number of hydrogen-bond donors (Lipinski definition) is 0. The second kappa shape index (κ2) is 3.91. The lowest BCUT2D eigenvalue weighted by molar-refractivity contribution is 0.788. The lowest BCUT2D eigenvalue weighted by Gasteiger charge is -2.09. The van der Waals surface area contributed by atoms with E-state index in [2.05, 4.69) is 41.2 Å². The van der Waals surface area contributed by atoms with Crippen molar-refractivity contribution in [2.45, 2.75) is 39.0 Å². The third-order valence-corrected chi connectivity index (χ3v) is 4.06. The highest BCUT2D eigenvalue weighted by atomic mass is 14.9. The first kappa shape index (κ1) is 11.4. The Hall–Kier alpha value is -1.70. The summed E-state index contributed by atoms with van der Waals surface area (Å²) in [4.78, 5) is 8.95. The number of hydrogen-bond acceptors (Lipinski definition) is 2. The molecule has 18 heavy (non-hydrogen) atoms. The molecule has 2 aromatic rings. The van der Waals surface area contributed by atoms with Crippen molar-refractivity contribution in [3.63, 3.8) is 0 Å². The Morgan fingerprint density at radius 3 is 2.28 bits per heavy atom. The van der Waals surface area contributed by atoms with Crippen LogP contribution in [0.2, 0.25) is 0 Å². The number of benzene rings is 1. The molecule has 2 nitrogen and oxygen atoms in total. The molecule has 0 N–H and O–H groups in total. The average Bonchev–Trinajstić information content (AvgIpc) is 3.12. The van der Waals surface area contributed by atoms with Gasteiger partial charge in [-0.05, 0) is 43.2 Å². The molecule has 1 saturated carbocycles. The lowest BCUT2D eigenvalue weighted by Crippen LogP contribution is -1.99. The summed E-state index contributed by atoms with van der Waals surface area (Å²) in [6, 6.07) is 8.73. The Bertz CT molecular complexity index is 581. The predicted molar refractivity (Wildman–Crippen MR) is 73.5 cm³/mol. The van der Waals surface area contributed by atoms with Crippen molar-refractivity contribution < 1.29 is 0 Å². The highest BCUT2D eigenvalue weighted by Gasteiger charge is 2.38. The topological polar surface area (TPSA) is 25.8 Å². The number of aryl methyl sites for hydroxylation is 2. The molecule has 0 unspecified atom stereocenters. The van der Waals surface area contributed by atoms with Gasteiger partial charge in [0, 0.05) is 17.5 Å². The molecule has 2 heteroatoms. The van der Waals surface area contributed by atoms with Crippen molar-refractivity contribution >= 4 is 0 Å². The van der Waals surface area contributed by atoms with Crippen LogP contribution in [0.15, 0.2) is 30.5 Å². The Kier molecular flexibility index (Phi) is 2.47. The molecular formula is C16H18N2. The van der Waals surface area contributed by atoms with Crippen LogP contribution < -0.4 is 0 Å². The largest absolute Gasteiger partial charge is 0.236 e. The van der Waals surface area contributed by atoms with Gasteiger partial charge in [-0.2, -0.15) is 0 Å². The van der Waals surface area contributed by atoms with E-state index in [1.165, 1.54) is 18.4 Å². The summed E-state index contributed by atoms with van der Waals surface area (Å²) in [6.07, 6.45) is 4.52. The van der Waals surface area contributed by atoms with Crippen LogP contribution in [0.3, 0.4) is 0 Å². The summed E-state index contributed by atoms with van der Waals surface area (Å²) in [5, 5.41) is 0. The van der Waals surface area contributed by atoms with E-state index in [-0.39, 0.29) is 0 Å². The van der Waals surface area contributed by atoms with Crippen molar-refractivity contribution in [3.8, 4) is 11.4 Å². The minimum absolute atomic E-state index is 0.433. The van der Waals surface area contributed by atoms with Crippen molar-refractivity contribution in [2.75, 3.05) is 0 Å². The minimum Gasteiger partial charge on any atom is -0.236 e. The van der Waals surface area contributed by atoms with Gasteiger partial charge in [-0.25, -0.2) is 9.97 Å². The minimum atomic E-state index is 0.433. The van der Waals surface area contributed by atoms with Gasteiger partial charge in [0.2, 0.25) is 0 Å². The van der Waals surface area contributed by atoms with Crippen LogP contribution in [0, 0.1) is 13.8 Å². The second-order valence-corrected chi connectivity index (χ2v) is 5.60. The third kappa shape index (κ3) is 1.92. The van der Waals surface area contributed by atoms with Crippen LogP contribution in [0.4, 0.5) is 0 Å². The van der Waals surface area contributed by atoms with Crippen molar-refractivity contribution in [1.82, 2.24) is 9.97 Å². The molecule has 1 heterocycles. The van der Waals surface area contributed by atoms with E-state index in [9.17, 15) is 0 Å². The Labute approximate surface area is 108 Å². The molecule has 3 rings (SSSR count). The zero-order chi connectivity index (χ0) is 12.8. The third-order valence-electron chi connectivity index (χ3n) is 4.06. The maximum Gasteiger partial charge on any atom is 0.159 e. The molecule has 0 atom stereocenters. The predicted octanol–water partition coefficient (Wildman–Crippen LogP) is 3.81. The maximum absolute atomic E-state index is 4.54. The monoisotopic (exact) mass is 238 g/mol. The number of nitrogens with zero attached hydrogens (tertiary/aromatic N) is 2. The lowest BCUT2D eigenvalue weighted by atomic mass is 9.97. The molecule has 92 valence electrons. The van der Waals surface area contributed by atoms with Crippen molar-refractivity contribution in [1.29, 1.82) is 0 Å². The molecule has 0 spiro atoms. The summed E-state index contributed by atoms with van der Waals surface area (Å²) in [5.74, 6) is 0.825. The van der Waals surface area contributed by atoms with E-state index in [4.69, 9.17) is 0 Å². The van der Waals surface area contributed by atoms with E-state index in [0.29, 0.717) is 5.41 Å². The molecule has 0 bridgehead atoms. The fraction of sp³-hybridized carbons (Fsp3) is 0.375. The average molecular weight is 238 g/mol. The fourth-order valence-electron chi connectivity index (χ4n) is 2.16. The van der Waals surface area contributed by atoms with Crippen LogP contribution in [-0.2, 0) is 5.41 Å². The molecule has 1 aromatic carbocycles. The zero-order valence-corrected chi connectivity index (χ0v) is 11.2. The summed E-state index contributed by atoms with van der Waals surface area (Å²) >= 11 is 0. The first-order valence-electron chi connectivity index (χ1n) is 6.50. The van der Waals surface area contributed by atoms with Gasteiger partial charge in [0.1, 0.15) is 0 Å². The number of rotatable bonds is 2. The Morgan fingerprint density at radius 2 is 1.72 bits per heavy atom. The van der Waals surface area contributed by atoms with Crippen LogP contribution >= 0.6 is 0 Å². The van der Waals surface area contributed by atoms with Crippen molar-refractivity contribution in [3.05, 3.63) is 47.3 Å². The molecule has 1 aromatic heterocycles. The standard InChI is InChI=1S/C16H18N2/c1-11-10-17-15(18-12(11)2)13-4-6-14(7-5-13)16(3)8-9-16/h4-7,10H,8-9H2,1-3H3. The van der Waals surface area contributed by atoms with Crippen LogP contribution in [-0.4, -0.2) is 9.97 Å². The first-order valence-corrected chi connectivity index (χ1v) is 6.50. The quantitative estimate of drug-likeness (QED) is 0.795.